The van der Waals surface area contributed by atoms with Crippen molar-refractivity contribution in [2.45, 2.75) is 44.7 Å². The lowest BCUT2D eigenvalue weighted by Crippen LogP contribution is -2.50. The Kier molecular flexibility index (Phi) is 4.28. The normalized spacial score (nSPS) is 24.4. The van der Waals surface area contributed by atoms with E-state index in [9.17, 15) is 0 Å². The molecule has 0 spiro atoms. The van der Waals surface area contributed by atoms with Gasteiger partial charge in [0.15, 0.2) is 0 Å². The number of nitrogens with zero attached hydrogens (tertiary/aromatic N) is 3. The van der Waals surface area contributed by atoms with E-state index in [1.165, 1.54) is 63.3 Å². The molecule has 100 valence electrons. The molecule has 0 atom stereocenters. The Morgan fingerprint density at radius 2 is 1.89 bits per heavy atom. The van der Waals surface area contributed by atoms with Crippen LogP contribution in [0.15, 0.2) is 11.6 Å². The Labute approximate surface area is 114 Å². The van der Waals surface area contributed by atoms with Crippen LogP contribution in [0.5, 0.6) is 0 Å². The lowest BCUT2D eigenvalue weighted by Gasteiger charge is -2.40. The number of piperazine rings is 1. The second-order valence-electron chi connectivity index (χ2n) is 5.53. The predicted molar refractivity (Wildman–Crippen MR) is 75.8 cm³/mol. The topological polar surface area (TPSA) is 19.4 Å². The highest BCUT2D eigenvalue weighted by Gasteiger charge is 2.25. The summed E-state index contributed by atoms with van der Waals surface area (Å²) in [7, 11) is 0. The summed E-state index contributed by atoms with van der Waals surface area (Å²) in [5.74, 6) is 0. The lowest BCUT2D eigenvalue weighted by atomic mass is 9.94. The molecule has 1 saturated carbocycles. The van der Waals surface area contributed by atoms with Crippen LogP contribution in [0, 0.1) is 0 Å². The first-order valence-corrected chi connectivity index (χ1v) is 8.14. The van der Waals surface area contributed by atoms with Crippen LogP contribution in [0.4, 0.5) is 0 Å². The Morgan fingerprint density at radius 3 is 2.56 bits per heavy atom. The van der Waals surface area contributed by atoms with Gasteiger partial charge in [-0.25, -0.2) is 4.98 Å². The Hall–Kier alpha value is -0.450. The van der Waals surface area contributed by atoms with Crippen molar-refractivity contribution in [2.75, 3.05) is 26.2 Å². The van der Waals surface area contributed by atoms with Gasteiger partial charge >= 0.3 is 0 Å². The summed E-state index contributed by atoms with van der Waals surface area (Å²) in [5.41, 5.74) is 0. The van der Waals surface area contributed by atoms with Gasteiger partial charge in [-0.15, -0.1) is 11.3 Å². The van der Waals surface area contributed by atoms with Gasteiger partial charge in [-0.2, -0.15) is 0 Å². The van der Waals surface area contributed by atoms with Crippen LogP contribution in [0.25, 0.3) is 0 Å². The van der Waals surface area contributed by atoms with Gasteiger partial charge in [0, 0.05) is 43.8 Å². The minimum atomic E-state index is 0.890. The minimum Gasteiger partial charge on any atom is -0.298 e. The molecule has 1 aromatic heterocycles. The van der Waals surface area contributed by atoms with Crippen molar-refractivity contribution in [1.82, 2.24) is 14.8 Å². The Balaban J connectivity index is 1.45. The standard InChI is InChI=1S/C14H23N3S/c1-2-4-13(5-3-1)17-9-7-16(8-10-17)12-14-15-6-11-18-14/h6,11,13H,1-5,7-10,12H2. The Morgan fingerprint density at radius 1 is 1.11 bits per heavy atom. The van der Waals surface area contributed by atoms with Crippen LogP contribution >= 0.6 is 11.3 Å². The van der Waals surface area contributed by atoms with Crippen molar-refractivity contribution in [3.8, 4) is 0 Å². The highest BCUT2D eigenvalue weighted by atomic mass is 32.1. The summed E-state index contributed by atoms with van der Waals surface area (Å²) in [5, 5.41) is 3.34. The molecule has 1 aliphatic carbocycles. The number of aromatic nitrogens is 1. The van der Waals surface area contributed by atoms with Crippen LogP contribution < -0.4 is 0 Å². The minimum absolute atomic E-state index is 0.890. The van der Waals surface area contributed by atoms with E-state index < -0.39 is 0 Å². The molecule has 0 aromatic carbocycles. The fourth-order valence-corrected chi connectivity index (χ4v) is 3.91. The number of thiazole rings is 1. The SMILES string of the molecule is c1csc(CN2CCN(C3CCCCC3)CC2)n1. The number of rotatable bonds is 3. The number of hydrogen-bond donors (Lipinski definition) is 0. The van der Waals surface area contributed by atoms with E-state index in [0.29, 0.717) is 0 Å². The highest BCUT2D eigenvalue weighted by molar-refractivity contribution is 7.09. The van der Waals surface area contributed by atoms with E-state index in [0.717, 1.165) is 12.6 Å². The summed E-state index contributed by atoms with van der Waals surface area (Å²) in [4.78, 5) is 9.67. The molecular weight excluding hydrogens is 242 g/mol. The molecule has 0 amide bonds. The van der Waals surface area contributed by atoms with Gasteiger partial charge < -0.3 is 0 Å². The third kappa shape index (κ3) is 3.11. The van der Waals surface area contributed by atoms with Gasteiger partial charge in [-0.1, -0.05) is 19.3 Å². The van der Waals surface area contributed by atoms with Crippen LogP contribution in [0.2, 0.25) is 0 Å². The monoisotopic (exact) mass is 265 g/mol. The van der Waals surface area contributed by atoms with E-state index in [-0.39, 0.29) is 0 Å². The van der Waals surface area contributed by atoms with Crippen molar-refractivity contribution in [3.05, 3.63) is 16.6 Å². The molecule has 0 unspecified atom stereocenters. The first-order valence-electron chi connectivity index (χ1n) is 7.26. The third-order valence-corrected chi connectivity index (χ3v) is 5.10. The van der Waals surface area contributed by atoms with Gasteiger partial charge in [-0.05, 0) is 12.8 Å². The molecule has 0 radical (unpaired) electrons. The van der Waals surface area contributed by atoms with Gasteiger partial charge in [0.25, 0.3) is 0 Å². The smallest absolute Gasteiger partial charge is 0.107 e. The van der Waals surface area contributed by atoms with Crippen molar-refractivity contribution in [1.29, 1.82) is 0 Å². The van der Waals surface area contributed by atoms with Crippen molar-refractivity contribution in [2.24, 2.45) is 0 Å². The fourth-order valence-electron chi connectivity index (χ4n) is 3.26. The molecule has 0 bridgehead atoms. The second-order valence-corrected chi connectivity index (χ2v) is 6.51. The average molecular weight is 265 g/mol. The lowest BCUT2D eigenvalue weighted by molar-refractivity contribution is 0.0754. The number of hydrogen-bond acceptors (Lipinski definition) is 4. The van der Waals surface area contributed by atoms with Crippen molar-refractivity contribution < 1.29 is 0 Å². The van der Waals surface area contributed by atoms with Gasteiger partial charge in [0.1, 0.15) is 5.01 Å². The molecule has 2 heterocycles. The maximum Gasteiger partial charge on any atom is 0.107 e. The fraction of sp³-hybridized carbons (Fsp3) is 0.786. The predicted octanol–water partition coefficient (Wildman–Crippen LogP) is 2.59. The maximum atomic E-state index is 4.38. The van der Waals surface area contributed by atoms with Crippen LogP contribution in [-0.2, 0) is 6.54 Å². The summed E-state index contributed by atoms with van der Waals surface area (Å²) in [6.07, 6.45) is 9.14. The maximum absolute atomic E-state index is 4.38. The van der Waals surface area contributed by atoms with Gasteiger partial charge in [0.05, 0.1) is 6.54 Å². The molecule has 2 fully saturated rings. The van der Waals surface area contributed by atoms with Crippen LogP contribution in [-0.4, -0.2) is 47.0 Å². The summed E-state index contributed by atoms with van der Waals surface area (Å²) in [6, 6.07) is 0.890. The van der Waals surface area contributed by atoms with Gasteiger partial charge in [0.2, 0.25) is 0 Å². The molecule has 1 saturated heterocycles. The molecule has 0 N–H and O–H groups in total. The quantitative estimate of drug-likeness (QED) is 0.837. The van der Waals surface area contributed by atoms with Crippen molar-refractivity contribution in [3.63, 3.8) is 0 Å². The van der Waals surface area contributed by atoms with E-state index in [1.807, 2.05) is 6.20 Å². The Bertz CT molecular complexity index is 338. The van der Waals surface area contributed by atoms with Crippen LogP contribution in [0.3, 0.4) is 0 Å². The highest BCUT2D eigenvalue weighted by Crippen LogP contribution is 2.23. The molecule has 1 aliphatic heterocycles. The first kappa shape index (κ1) is 12.6. The molecule has 1 aromatic rings. The second kappa shape index (κ2) is 6.13. The van der Waals surface area contributed by atoms with E-state index in [4.69, 9.17) is 0 Å². The van der Waals surface area contributed by atoms with E-state index in [2.05, 4.69) is 20.2 Å². The molecule has 2 aliphatic rings. The third-order valence-electron chi connectivity index (χ3n) is 4.34. The molecule has 4 heteroatoms. The summed E-state index contributed by atoms with van der Waals surface area (Å²) < 4.78 is 0. The molecule has 18 heavy (non-hydrogen) atoms. The first-order chi connectivity index (χ1) is 8.92. The largest absolute Gasteiger partial charge is 0.298 e. The molecular formula is C14H23N3S. The average Bonchev–Trinajstić information content (AvgIpc) is 2.94. The zero-order chi connectivity index (χ0) is 12.2. The van der Waals surface area contributed by atoms with E-state index in [1.54, 1.807) is 11.3 Å². The zero-order valence-corrected chi connectivity index (χ0v) is 11.9. The molecule has 3 rings (SSSR count). The zero-order valence-electron chi connectivity index (χ0n) is 11.1. The van der Waals surface area contributed by atoms with Crippen LogP contribution in [0.1, 0.15) is 37.1 Å². The summed E-state index contributed by atoms with van der Waals surface area (Å²) in [6.45, 7) is 6.01. The van der Waals surface area contributed by atoms with Gasteiger partial charge in [-0.3, -0.25) is 9.80 Å². The molecule has 3 nitrogen and oxygen atoms in total. The van der Waals surface area contributed by atoms with Crippen molar-refractivity contribution >= 4 is 11.3 Å². The summed E-state index contributed by atoms with van der Waals surface area (Å²) >= 11 is 1.78. The van der Waals surface area contributed by atoms with E-state index >= 15 is 0 Å².